The van der Waals surface area contributed by atoms with E-state index in [0.29, 0.717) is 13.0 Å². The molecule has 1 saturated carbocycles. The average molecular weight is 851 g/mol. The number of carbonyl (C=O) groups excluding carboxylic acids is 1. The van der Waals surface area contributed by atoms with Crippen molar-refractivity contribution in [3.05, 3.63) is 12.2 Å². The van der Waals surface area contributed by atoms with Crippen molar-refractivity contribution in [2.45, 2.75) is 249 Å². The van der Waals surface area contributed by atoms with E-state index in [4.69, 9.17) is 18.5 Å². The number of unbranched alkanes of at least 4 members (excludes halogenated alkanes) is 26. The molecule has 12 nitrogen and oxygen atoms in total. The second-order valence-electron chi connectivity index (χ2n) is 16.6. The topological polar surface area (TPSA) is 192 Å². The van der Waals surface area contributed by atoms with Crippen molar-refractivity contribution in [3.8, 4) is 0 Å². The first-order chi connectivity index (χ1) is 28.0. The Bertz CT molecular complexity index is 1020. The van der Waals surface area contributed by atoms with Crippen molar-refractivity contribution in [2.24, 2.45) is 0 Å². The Morgan fingerprint density at radius 2 is 0.914 bits per heavy atom. The van der Waals surface area contributed by atoms with E-state index >= 15 is 0 Å². The van der Waals surface area contributed by atoms with Gasteiger partial charge in [-0.2, -0.15) is 0 Å². The number of phosphoric acid groups is 1. The van der Waals surface area contributed by atoms with Crippen LogP contribution in [0.1, 0.15) is 206 Å². The minimum atomic E-state index is -5.01. The smallest absolute Gasteiger partial charge is 0.457 e. The number of phosphoric ester groups is 1. The predicted octanol–water partition coefficient (Wildman–Crippen LogP) is 9.53. The predicted molar refractivity (Wildman–Crippen MR) is 230 cm³/mol. The van der Waals surface area contributed by atoms with Crippen LogP contribution in [0.5, 0.6) is 0 Å². The summed E-state index contributed by atoms with van der Waals surface area (Å²) in [6.07, 6.45) is 27.1. The van der Waals surface area contributed by atoms with E-state index in [1.165, 1.54) is 122 Å². The summed E-state index contributed by atoms with van der Waals surface area (Å²) < 4.78 is 34.2. The molecule has 6 unspecified atom stereocenters. The molecule has 58 heavy (non-hydrogen) atoms. The molecule has 1 rings (SSSR count). The van der Waals surface area contributed by atoms with Crippen LogP contribution in [0, 0.1) is 0 Å². The van der Waals surface area contributed by atoms with Crippen LogP contribution in [-0.4, -0.2) is 98.9 Å². The Labute approximate surface area is 352 Å². The molecule has 0 amide bonds. The van der Waals surface area contributed by atoms with Crippen molar-refractivity contribution < 1.29 is 58.3 Å². The van der Waals surface area contributed by atoms with Crippen LogP contribution in [0.3, 0.4) is 0 Å². The summed E-state index contributed by atoms with van der Waals surface area (Å²) in [6.45, 7) is 4.26. The molecule has 0 bridgehead atoms. The lowest BCUT2D eigenvalue weighted by molar-refractivity contribution is -0.220. The van der Waals surface area contributed by atoms with Crippen molar-refractivity contribution in [2.75, 3.05) is 19.8 Å². The monoisotopic (exact) mass is 851 g/mol. The van der Waals surface area contributed by atoms with Gasteiger partial charge in [0.25, 0.3) is 0 Å². The highest BCUT2D eigenvalue weighted by Crippen LogP contribution is 2.47. The van der Waals surface area contributed by atoms with Gasteiger partial charge in [-0.25, -0.2) is 4.57 Å². The minimum absolute atomic E-state index is 0.0743. The fourth-order valence-electron chi connectivity index (χ4n) is 7.35. The second kappa shape index (κ2) is 36.7. The zero-order valence-electron chi connectivity index (χ0n) is 36.6. The number of carbonyl (C=O) groups is 1. The summed E-state index contributed by atoms with van der Waals surface area (Å²) in [7, 11) is -5.01. The number of esters is 1. The molecule has 0 aromatic carbocycles. The van der Waals surface area contributed by atoms with E-state index in [9.17, 15) is 39.8 Å². The number of aliphatic hydroxyl groups excluding tert-OH is 5. The lowest BCUT2D eigenvalue weighted by atomic mass is 9.85. The van der Waals surface area contributed by atoms with Gasteiger partial charge in [0, 0.05) is 13.0 Å². The first-order valence-electron chi connectivity index (χ1n) is 23.5. The summed E-state index contributed by atoms with van der Waals surface area (Å²) in [4.78, 5) is 23.1. The molecule has 1 aliphatic carbocycles. The molecule has 0 aliphatic heterocycles. The number of allylic oxidation sites excluding steroid dienone is 2. The number of rotatable bonds is 40. The van der Waals surface area contributed by atoms with Gasteiger partial charge in [0.15, 0.2) is 0 Å². The van der Waals surface area contributed by atoms with E-state index in [0.717, 1.165) is 57.8 Å². The summed E-state index contributed by atoms with van der Waals surface area (Å²) in [6, 6.07) is 0. The first-order valence-corrected chi connectivity index (χ1v) is 25.0. The Morgan fingerprint density at radius 1 is 0.534 bits per heavy atom. The van der Waals surface area contributed by atoms with E-state index in [1.807, 2.05) is 0 Å². The summed E-state index contributed by atoms with van der Waals surface area (Å²) in [5.41, 5.74) is 0. The Kier molecular flexibility index (Phi) is 34.9. The third kappa shape index (κ3) is 28.6. The molecule has 0 aromatic rings. The third-order valence-corrected chi connectivity index (χ3v) is 12.1. The maximum absolute atomic E-state index is 12.8. The summed E-state index contributed by atoms with van der Waals surface area (Å²) in [5, 5.41) is 50.1. The number of hydrogen-bond acceptors (Lipinski definition) is 11. The number of ether oxygens (including phenoxy) is 2. The van der Waals surface area contributed by atoms with Crippen LogP contribution >= 0.6 is 7.82 Å². The maximum atomic E-state index is 12.8. The number of hydrogen-bond donors (Lipinski definition) is 6. The zero-order valence-corrected chi connectivity index (χ0v) is 37.5. The molecule has 0 heterocycles. The standard InChI is InChI=1S/C45H87O12P/c1-3-5-7-9-11-13-15-17-18-19-20-21-23-25-27-29-31-33-35-54-36-38(37-55-58(52,53)57-45-43(50)41(48)40(47)42(49)44(45)51)56-39(46)34-32-30-28-26-24-22-16-14-12-10-8-6-4-2/h14,16,38,40-45,47-51H,3-13,15,17-37H2,1-2H3,(H,52,53)/b16-14-. The highest BCUT2D eigenvalue weighted by Gasteiger charge is 2.51. The molecular formula is C45H87O12P. The van der Waals surface area contributed by atoms with Crippen LogP contribution in [0.2, 0.25) is 0 Å². The quantitative estimate of drug-likeness (QED) is 0.0148. The Morgan fingerprint density at radius 3 is 1.38 bits per heavy atom. The van der Waals surface area contributed by atoms with Crippen LogP contribution in [0.4, 0.5) is 0 Å². The van der Waals surface area contributed by atoms with Crippen molar-refractivity contribution in [1.29, 1.82) is 0 Å². The molecule has 0 spiro atoms. The van der Waals surface area contributed by atoms with Gasteiger partial charge in [0.05, 0.1) is 13.2 Å². The van der Waals surface area contributed by atoms with E-state index in [2.05, 4.69) is 26.0 Å². The maximum Gasteiger partial charge on any atom is 0.472 e. The molecule has 1 fully saturated rings. The van der Waals surface area contributed by atoms with Crippen LogP contribution < -0.4 is 0 Å². The zero-order chi connectivity index (χ0) is 42.7. The normalized spacial score (nSPS) is 22.7. The fourth-order valence-corrected chi connectivity index (χ4v) is 8.32. The lowest BCUT2D eigenvalue weighted by Gasteiger charge is -2.41. The molecule has 344 valence electrons. The first kappa shape index (κ1) is 55.1. The largest absolute Gasteiger partial charge is 0.472 e. The fraction of sp³-hybridized carbons (Fsp3) is 0.933. The van der Waals surface area contributed by atoms with Crippen molar-refractivity contribution in [1.82, 2.24) is 0 Å². The molecule has 0 aromatic heterocycles. The van der Waals surface area contributed by atoms with Crippen LogP contribution in [0.25, 0.3) is 0 Å². The molecule has 6 atom stereocenters. The molecule has 1 aliphatic rings. The summed E-state index contributed by atoms with van der Waals surface area (Å²) >= 11 is 0. The van der Waals surface area contributed by atoms with E-state index in [1.54, 1.807) is 0 Å². The van der Waals surface area contributed by atoms with Gasteiger partial charge in [0.1, 0.15) is 42.7 Å². The van der Waals surface area contributed by atoms with Crippen molar-refractivity contribution in [3.63, 3.8) is 0 Å². The highest BCUT2D eigenvalue weighted by atomic mass is 31.2. The third-order valence-electron chi connectivity index (χ3n) is 11.1. The van der Waals surface area contributed by atoms with Gasteiger partial charge < -0.3 is 39.9 Å². The highest BCUT2D eigenvalue weighted by molar-refractivity contribution is 7.47. The SMILES string of the molecule is CCCCCC/C=C\CCCCCCCC(=O)OC(COCCCCCCCCCCCCCCCCCCCC)COP(=O)(O)OC1C(O)C(O)C(O)C(O)C1O. The summed E-state index contributed by atoms with van der Waals surface area (Å²) in [5.74, 6) is -0.483. The van der Waals surface area contributed by atoms with Crippen LogP contribution in [-0.2, 0) is 27.9 Å². The van der Waals surface area contributed by atoms with E-state index < -0.39 is 63.1 Å². The van der Waals surface area contributed by atoms with E-state index in [-0.39, 0.29) is 13.0 Å². The lowest BCUT2D eigenvalue weighted by Crippen LogP contribution is -2.64. The Hall–Kier alpha value is -0.920. The van der Waals surface area contributed by atoms with Crippen LogP contribution in [0.15, 0.2) is 12.2 Å². The molecule has 0 radical (unpaired) electrons. The van der Waals surface area contributed by atoms with Gasteiger partial charge in [-0.15, -0.1) is 0 Å². The van der Waals surface area contributed by atoms with Gasteiger partial charge in [-0.1, -0.05) is 174 Å². The minimum Gasteiger partial charge on any atom is -0.457 e. The van der Waals surface area contributed by atoms with Gasteiger partial charge in [-0.3, -0.25) is 13.8 Å². The molecular weight excluding hydrogens is 763 g/mol. The van der Waals surface area contributed by atoms with Gasteiger partial charge >= 0.3 is 13.8 Å². The second-order valence-corrected chi connectivity index (χ2v) is 18.0. The Balaban J connectivity index is 2.37. The van der Waals surface area contributed by atoms with Gasteiger partial charge in [-0.05, 0) is 38.5 Å². The number of aliphatic hydroxyl groups is 5. The average Bonchev–Trinajstić information content (AvgIpc) is 3.21. The molecule has 13 heteroatoms. The van der Waals surface area contributed by atoms with Gasteiger partial charge in [0.2, 0.25) is 0 Å². The molecule has 0 saturated heterocycles. The van der Waals surface area contributed by atoms with Crippen molar-refractivity contribution >= 4 is 13.8 Å². The molecule has 6 N–H and O–H groups in total.